The van der Waals surface area contributed by atoms with Crippen molar-refractivity contribution in [2.24, 2.45) is 5.73 Å². The van der Waals surface area contributed by atoms with Crippen molar-refractivity contribution in [2.75, 3.05) is 23.9 Å². The van der Waals surface area contributed by atoms with Crippen LogP contribution in [0, 0.1) is 0 Å². The molecule has 2 aliphatic rings. The van der Waals surface area contributed by atoms with Gasteiger partial charge in [0.05, 0.1) is 12.1 Å². The molecule has 0 saturated carbocycles. The molecule has 0 bridgehead atoms. The van der Waals surface area contributed by atoms with Crippen molar-refractivity contribution in [1.29, 1.82) is 0 Å². The SMILES string of the molecule is CO[C@@H]1C[C@@H](C(F)F)N(c2cn3c(n2)-c2ccc(NC(C)C(N)=O)cc2OCC3)C1=O. The number of amides is 2. The smallest absolute Gasteiger partial charge is 0.259 e. The molecule has 1 aromatic heterocycles. The van der Waals surface area contributed by atoms with Gasteiger partial charge in [0.2, 0.25) is 5.91 Å². The standard InChI is InChI=1S/C20H23F2N5O4/c1-10(18(23)28)24-11-3-4-12-14(7-11)31-6-5-26-9-16(25-19(12)26)27-13(17(21)22)8-15(30-2)20(27)29/h3-4,7,9-10,13,15,17,24H,5-6,8H2,1-2H3,(H2,23,28)/t10?,13-,15+/m0/s1. The third-order valence-electron chi connectivity index (χ3n) is 5.51. The molecule has 166 valence electrons. The van der Waals surface area contributed by atoms with E-state index in [4.69, 9.17) is 15.2 Å². The summed E-state index contributed by atoms with van der Waals surface area (Å²) in [5, 5.41) is 2.99. The quantitative estimate of drug-likeness (QED) is 0.713. The van der Waals surface area contributed by atoms with Crippen molar-refractivity contribution in [1.82, 2.24) is 9.55 Å². The number of benzene rings is 1. The number of carbonyl (C=O) groups excluding carboxylic acids is 2. The predicted molar refractivity (Wildman–Crippen MR) is 108 cm³/mol. The van der Waals surface area contributed by atoms with Crippen LogP contribution in [0.1, 0.15) is 13.3 Å². The van der Waals surface area contributed by atoms with Crippen LogP contribution >= 0.6 is 0 Å². The molecule has 2 aromatic rings. The second kappa shape index (κ2) is 8.14. The molecule has 1 fully saturated rings. The maximum absolute atomic E-state index is 13.6. The summed E-state index contributed by atoms with van der Waals surface area (Å²) in [4.78, 5) is 29.5. The maximum atomic E-state index is 13.6. The lowest BCUT2D eigenvalue weighted by Crippen LogP contribution is -2.39. The molecule has 1 aromatic carbocycles. The highest BCUT2D eigenvalue weighted by Gasteiger charge is 2.46. The summed E-state index contributed by atoms with van der Waals surface area (Å²) in [7, 11) is 1.33. The molecule has 2 amide bonds. The van der Waals surface area contributed by atoms with Crippen LogP contribution in [0.2, 0.25) is 0 Å². The van der Waals surface area contributed by atoms with Gasteiger partial charge in [-0.15, -0.1) is 0 Å². The van der Waals surface area contributed by atoms with E-state index in [2.05, 4.69) is 10.3 Å². The molecule has 3 atom stereocenters. The predicted octanol–water partition coefficient (Wildman–Crippen LogP) is 1.61. The molecule has 3 N–H and O–H groups in total. The van der Waals surface area contributed by atoms with E-state index in [-0.39, 0.29) is 12.2 Å². The summed E-state index contributed by atoms with van der Waals surface area (Å²) >= 11 is 0. The number of anilines is 2. The third kappa shape index (κ3) is 3.80. The van der Waals surface area contributed by atoms with Crippen molar-refractivity contribution in [3.8, 4) is 17.1 Å². The Labute approximate surface area is 177 Å². The van der Waals surface area contributed by atoms with E-state index in [1.807, 2.05) is 0 Å². The van der Waals surface area contributed by atoms with E-state index in [1.54, 1.807) is 35.9 Å². The number of carbonyl (C=O) groups is 2. The molecule has 11 heteroatoms. The Hall–Kier alpha value is -3.21. The van der Waals surface area contributed by atoms with E-state index in [1.165, 1.54) is 7.11 Å². The van der Waals surface area contributed by atoms with Gasteiger partial charge in [0.1, 0.15) is 36.4 Å². The van der Waals surface area contributed by atoms with Crippen molar-refractivity contribution in [2.45, 2.75) is 44.5 Å². The largest absolute Gasteiger partial charge is 0.491 e. The lowest BCUT2D eigenvalue weighted by Gasteiger charge is -2.21. The number of nitrogens with one attached hydrogen (secondary N) is 1. The summed E-state index contributed by atoms with van der Waals surface area (Å²) in [5.74, 6) is 0.151. The number of rotatable bonds is 6. The van der Waals surface area contributed by atoms with Gasteiger partial charge in [0, 0.05) is 31.5 Å². The summed E-state index contributed by atoms with van der Waals surface area (Å²) in [6.45, 7) is 2.39. The van der Waals surface area contributed by atoms with Crippen molar-refractivity contribution in [3.63, 3.8) is 0 Å². The van der Waals surface area contributed by atoms with Gasteiger partial charge >= 0.3 is 0 Å². The zero-order chi connectivity index (χ0) is 22.3. The number of nitrogens with two attached hydrogens (primary N) is 1. The van der Waals surface area contributed by atoms with Gasteiger partial charge in [-0.1, -0.05) is 0 Å². The van der Waals surface area contributed by atoms with E-state index in [9.17, 15) is 18.4 Å². The first-order valence-corrected chi connectivity index (χ1v) is 9.84. The minimum Gasteiger partial charge on any atom is -0.491 e. The Kier molecular flexibility index (Phi) is 5.52. The van der Waals surface area contributed by atoms with Crippen molar-refractivity contribution >= 4 is 23.3 Å². The van der Waals surface area contributed by atoms with Gasteiger partial charge in [0.15, 0.2) is 5.82 Å². The molecular formula is C20H23F2N5O4. The van der Waals surface area contributed by atoms with Crippen LogP contribution in [0.4, 0.5) is 20.3 Å². The van der Waals surface area contributed by atoms with Gasteiger partial charge in [0.25, 0.3) is 12.3 Å². The second-order valence-electron chi connectivity index (χ2n) is 7.51. The highest BCUT2D eigenvalue weighted by atomic mass is 19.3. The first kappa shape index (κ1) is 21.0. The summed E-state index contributed by atoms with van der Waals surface area (Å²) in [5.41, 5.74) is 6.58. The Bertz CT molecular complexity index is 1010. The normalized spacial score (nSPS) is 21.3. The van der Waals surface area contributed by atoms with Crippen LogP contribution < -0.4 is 20.7 Å². The minimum absolute atomic E-state index is 0.0953. The van der Waals surface area contributed by atoms with E-state index < -0.39 is 36.4 Å². The number of hydrogen-bond donors (Lipinski definition) is 2. The number of imidazole rings is 1. The van der Waals surface area contributed by atoms with Crippen molar-refractivity contribution in [3.05, 3.63) is 24.4 Å². The number of alkyl halides is 2. The number of hydrogen-bond acceptors (Lipinski definition) is 6. The highest BCUT2D eigenvalue weighted by Crippen LogP contribution is 2.38. The molecule has 0 aliphatic carbocycles. The maximum Gasteiger partial charge on any atom is 0.259 e. The van der Waals surface area contributed by atoms with Crippen LogP contribution in [0.5, 0.6) is 5.75 Å². The number of halogens is 2. The van der Waals surface area contributed by atoms with E-state index in [0.29, 0.717) is 36.0 Å². The first-order chi connectivity index (χ1) is 14.8. The fourth-order valence-corrected chi connectivity index (χ4v) is 3.83. The van der Waals surface area contributed by atoms with E-state index >= 15 is 0 Å². The molecule has 0 radical (unpaired) electrons. The van der Waals surface area contributed by atoms with Crippen LogP contribution in [-0.2, 0) is 20.9 Å². The number of ether oxygens (including phenoxy) is 2. The molecule has 1 saturated heterocycles. The van der Waals surface area contributed by atoms with E-state index in [0.717, 1.165) is 4.90 Å². The number of methoxy groups -OCH3 is 1. The molecule has 31 heavy (non-hydrogen) atoms. The Morgan fingerprint density at radius 1 is 1.42 bits per heavy atom. The fourth-order valence-electron chi connectivity index (χ4n) is 3.83. The molecular weight excluding hydrogens is 412 g/mol. The average molecular weight is 435 g/mol. The molecule has 4 rings (SSSR count). The van der Waals surface area contributed by atoms with Gasteiger partial charge < -0.3 is 25.1 Å². The zero-order valence-corrected chi connectivity index (χ0v) is 17.0. The number of primary amides is 1. The minimum atomic E-state index is -2.72. The molecule has 2 aliphatic heterocycles. The highest BCUT2D eigenvalue weighted by molar-refractivity contribution is 5.99. The Balaban J connectivity index is 1.69. The van der Waals surface area contributed by atoms with Gasteiger partial charge in [-0.05, 0) is 19.1 Å². The molecule has 1 unspecified atom stereocenters. The zero-order valence-electron chi connectivity index (χ0n) is 17.0. The topological polar surface area (TPSA) is 112 Å². The average Bonchev–Trinajstić information content (AvgIpc) is 3.24. The van der Waals surface area contributed by atoms with Gasteiger partial charge in [-0.2, -0.15) is 0 Å². The lowest BCUT2D eigenvalue weighted by molar-refractivity contribution is -0.125. The van der Waals surface area contributed by atoms with Gasteiger partial charge in [-0.3, -0.25) is 14.5 Å². The molecule has 9 nitrogen and oxygen atoms in total. The third-order valence-corrected chi connectivity index (χ3v) is 5.51. The van der Waals surface area contributed by atoms with Crippen LogP contribution in [-0.4, -0.2) is 59.7 Å². The molecule has 0 spiro atoms. The number of aromatic nitrogens is 2. The monoisotopic (exact) mass is 435 g/mol. The van der Waals surface area contributed by atoms with Crippen LogP contribution in [0.3, 0.4) is 0 Å². The lowest BCUT2D eigenvalue weighted by atomic mass is 10.1. The number of fused-ring (bicyclic) bond motifs is 3. The van der Waals surface area contributed by atoms with Crippen molar-refractivity contribution < 1.29 is 27.8 Å². The first-order valence-electron chi connectivity index (χ1n) is 9.84. The van der Waals surface area contributed by atoms with Crippen LogP contribution in [0.15, 0.2) is 24.4 Å². The molecule has 3 heterocycles. The van der Waals surface area contributed by atoms with Gasteiger partial charge in [-0.25, -0.2) is 13.8 Å². The number of nitrogens with zero attached hydrogens (tertiary/aromatic N) is 3. The van der Waals surface area contributed by atoms with Crippen LogP contribution in [0.25, 0.3) is 11.4 Å². The Morgan fingerprint density at radius 3 is 2.87 bits per heavy atom. The summed E-state index contributed by atoms with van der Waals surface area (Å²) < 4.78 is 39.9. The second-order valence-corrected chi connectivity index (χ2v) is 7.51. The summed E-state index contributed by atoms with van der Waals surface area (Å²) in [6.07, 6.45) is -2.15. The Morgan fingerprint density at radius 2 is 2.19 bits per heavy atom. The summed E-state index contributed by atoms with van der Waals surface area (Å²) in [6, 6.07) is 3.36. The fraction of sp³-hybridized carbons (Fsp3) is 0.450.